The normalized spacial score (nSPS) is 16.9. The number of nitrogens with zero attached hydrogens (tertiary/aromatic N) is 2. The maximum Gasteiger partial charge on any atom is 0.328 e. The Hall–Kier alpha value is -3.95. The molecule has 1 aliphatic heterocycles. The number of carbonyl (C=O) groups excluding carboxylic acids is 3. The number of amides is 4. The number of barbiturate groups is 1. The minimum absolute atomic E-state index is 0.00461. The van der Waals surface area contributed by atoms with Crippen LogP contribution in [-0.4, -0.2) is 33.4 Å². The molecule has 0 spiro atoms. The molecule has 3 N–H and O–H groups in total. The maximum absolute atomic E-state index is 12.1. The van der Waals surface area contributed by atoms with Crippen LogP contribution in [0.2, 0.25) is 0 Å². The third-order valence-corrected chi connectivity index (χ3v) is 6.11. The molecule has 33 heavy (non-hydrogen) atoms. The molecule has 1 saturated carbocycles. The molecule has 4 amide bonds. The van der Waals surface area contributed by atoms with E-state index in [9.17, 15) is 24.5 Å². The molecule has 0 unspecified atom stereocenters. The van der Waals surface area contributed by atoms with E-state index in [0.29, 0.717) is 22.6 Å². The second-order valence-electron chi connectivity index (χ2n) is 8.40. The van der Waals surface area contributed by atoms with Gasteiger partial charge in [-0.05, 0) is 56.5 Å². The molecule has 1 aromatic heterocycles. The minimum atomic E-state index is -0.859. The fourth-order valence-corrected chi connectivity index (χ4v) is 4.49. The van der Waals surface area contributed by atoms with Crippen LogP contribution in [0.4, 0.5) is 16.2 Å². The van der Waals surface area contributed by atoms with Crippen molar-refractivity contribution in [3.63, 3.8) is 0 Å². The number of imide groups is 2. The van der Waals surface area contributed by atoms with Gasteiger partial charge in [0, 0.05) is 23.5 Å². The van der Waals surface area contributed by atoms with Crippen LogP contribution >= 0.6 is 0 Å². The molecular weight excluding hydrogens is 426 g/mol. The summed E-state index contributed by atoms with van der Waals surface area (Å²) in [4.78, 5) is 46.8. The Balaban J connectivity index is 1.69. The van der Waals surface area contributed by atoms with E-state index < -0.39 is 17.8 Å². The molecule has 2 heterocycles. The van der Waals surface area contributed by atoms with Crippen molar-refractivity contribution in [2.75, 3.05) is 5.32 Å². The first-order chi connectivity index (χ1) is 15.7. The molecule has 2 fully saturated rings. The van der Waals surface area contributed by atoms with Crippen molar-refractivity contribution in [2.24, 2.45) is 0 Å². The van der Waals surface area contributed by atoms with Gasteiger partial charge in [-0.2, -0.15) is 0 Å². The third kappa shape index (κ3) is 4.50. The number of nitro groups is 1. The Morgan fingerprint density at radius 1 is 1.06 bits per heavy atom. The Morgan fingerprint density at radius 3 is 2.36 bits per heavy atom. The summed E-state index contributed by atoms with van der Waals surface area (Å²) in [7, 11) is 0. The van der Waals surface area contributed by atoms with E-state index in [2.05, 4.69) is 5.32 Å². The fourth-order valence-electron chi connectivity index (χ4n) is 4.49. The van der Waals surface area contributed by atoms with Gasteiger partial charge in [0.15, 0.2) is 0 Å². The molecule has 0 atom stereocenters. The SMILES string of the molecule is Cc1cc(C=C2C(=O)NC(=O)NC2=O)c(C)n1-c1ccc(NC2CCCCC2)c([N+](=O)[O-])c1. The van der Waals surface area contributed by atoms with Gasteiger partial charge in [0.1, 0.15) is 11.3 Å². The summed E-state index contributed by atoms with van der Waals surface area (Å²) in [6, 6.07) is 6.22. The van der Waals surface area contributed by atoms with E-state index in [4.69, 9.17) is 0 Å². The summed E-state index contributed by atoms with van der Waals surface area (Å²) in [6.45, 7) is 3.63. The molecule has 0 radical (unpaired) electrons. The van der Waals surface area contributed by atoms with Crippen LogP contribution in [0, 0.1) is 24.0 Å². The zero-order valence-electron chi connectivity index (χ0n) is 18.4. The number of nitrogens with one attached hydrogen (secondary N) is 3. The van der Waals surface area contributed by atoms with Crippen LogP contribution in [-0.2, 0) is 9.59 Å². The lowest BCUT2D eigenvalue weighted by atomic mass is 9.95. The number of hydrogen-bond acceptors (Lipinski definition) is 6. The lowest BCUT2D eigenvalue weighted by Crippen LogP contribution is -2.51. The van der Waals surface area contributed by atoms with Gasteiger partial charge in [-0.25, -0.2) is 4.79 Å². The Morgan fingerprint density at radius 2 is 1.73 bits per heavy atom. The van der Waals surface area contributed by atoms with Crippen molar-refractivity contribution in [3.05, 3.63) is 56.9 Å². The molecule has 10 heteroatoms. The molecular formula is C23H25N5O5. The fraction of sp³-hybridized carbons (Fsp3) is 0.348. The lowest BCUT2D eigenvalue weighted by molar-refractivity contribution is -0.384. The summed E-state index contributed by atoms with van der Waals surface area (Å²) in [5.74, 6) is -1.55. The largest absolute Gasteiger partial charge is 0.377 e. The number of rotatable bonds is 5. The van der Waals surface area contributed by atoms with Crippen molar-refractivity contribution in [1.82, 2.24) is 15.2 Å². The number of anilines is 1. The average Bonchev–Trinajstić information content (AvgIpc) is 3.04. The number of aryl methyl sites for hydroxylation is 1. The molecule has 1 aromatic carbocycles. The van der Waals surface area contributed by atoms with E-state index in [0.717, 1.165) is 31.4 Å². The van der Waals surface area contributed by atoms with E-state index in [-0.39, 0.29) is 22.2 Å². The number of hydrogen-bond donors (Lipinski definition) is 3. The van der Waals surface area contributed by atoms with Crippen molar-refractivity contribution < 1.29 is 19.3 Å². The molecule has 0 bridgehead atoms. The van der Waals surface area contributed by atoms with Crippen LogP contribution in [0.1, 0.15) is 49.1 Å². The van der Waals surface area contributed by atoms with E-state index >= 15 is 0 Å². The second-order valence-corrected chi connectivity index (χ2v) is 8.40. The lowest BCUT2D eigenvalue weighted by Gasteiger charge is -2.24. The van der Waals surface area contributed by atoms with Crippen LogP contribution in [0.15, 0.2) is 29.8 Å². The summed E-state index contributed by atoms with van der Waals surface area (Å²) in [6.07, 6.45) is 6.84. The Bertz CT molecular complexity index is 1170. The highest BCUT2D eigenvalue weighted by Gasteiger charge is 2.28. The van der Waals surface area contributed by atoms with Crippen LogP contribution in [0.5, 0.6) is 0 Å². The van der Waals surface area contributed by atoms with Crippen molar-refractivity contribution in [2.45, 2.75) is 52.0 Å². The molecule has 1 aliphatic carbocycles. The predicted octanol–water partition coefficient (Wildman–Crippen LogP) is 3.50. The average molecular weight is 451 g/mol. The maximum atomic E-state index is 12.1. The van der Waals surface area contributed by atoms with Crippen LogP contribution in [0.25, 0.3) is 11.8 Å². The number of aromatic nitrogens is 1. The number of benzene rings is 1. The summed E-state index contributed by atoms with van der Waals surface area (Å²) in [5, 5.41) is 19.2. The van der Waals surface area contributed by atoms with Crippen molar-refractivity contribution in [3.8, 4) is 5.69 Å². The zero-order valence-corrected chi connectivity index (χ0v) is 18.4. The molecule has 2 aromatic rings. The second kappa shape index (κ2) is 8.89. The monoisotopic (exact) mass is 451 g/mol. The van der Waals surface area contributed by atoms with Gasteiger partial charge in [0.25, 0.3) is 17.5 Å². The highest BCUT2D eigenvalue weighted by molar-refractivity contribution is 6.31. The topological polar surface area (TPSA) is 135 Å². The van der Waals surface area contributed by atoms with Gasteiger partial charge < -0.3 is 9.88 Å². The molecule has 2 aliphatic rings. The minimum Gasteiger partial charge on any atom is -0.377 e. The van der Waals surface area contributed by atoms with Gasteiger partial charge in [0.2, 0.25) is 0 Å². The molecule has 172 valence electrons. The number of urea groups is 1. The van der Waals surface area contributed by atoms with Crippen LogP contribution < -0.4 is 16.0 Å². The van der Waals surface area contributed by atoms with Crippen molar-refractivity contribution >= 4 is 35.3 Å². The predicted molar refractivity (Wildman–Crippen MR) is 122 cm³/mol. The van der Waals surface area contributed by atoms with Crippen LogP contribution in [0.3, 0.4) is 0 Å². The number of nitro benzene ring substituents is 1. The Labute approximate surface area is 190 Å². The first-order valence-electron chi connectivity index (χ1n) is 10.9. The van der Waals surface area contributed by atoms with Gasteiger partial charge >= 0.3 is 6.03 Å². The van der Waals surface area contributed by atoms with Gasteiger partial charge in [-0.1, -0.05) is 19.3 Å². The Kier molecular flexibility index (Phi) is 5.99. The molecule has 10 nitrogen and oxygen atoms in total. The highest BCUT2D eigenvalue weighted by atomic mass is 16.6. The quantitative estimate of drug-likeness (QED) is 0.276. The van der Waals surface area contributed by atoms with E-state index in [1.165, 1.54) is 18.6 Å². The molecule has 1 saturated heterocycles. The van der Waals surface area contributed by atoms with Gasteiger partial charge in [0.05, 0.1) is 10.6 Å². The standard InChI is InChI=1S/C23H25N5O5/c1-13-10-15(11-18-21(29)25-23(31)26-22(18)30)14(2)27(13)17-8-9-19(20(12-17)28(32)33)24-16-6-4-3-5-7-16/h8-12,16,24H,3-7H2,1-2H3,(H2,25,26,29,30,31). The van der Waals surface area contributed by atoms with Crippen molar-refractivity contribution in [1.29, 1.82) is 0 Å². The third-order valence-electron chi connectivity index (χ3n) is 6.11. The summed E-state index contributed by atoms with van der Waals surface area (Å²) < 4.78 is 1.83. The van der Waals surface area contributed by atoms with E-state index in [1.807, 2.05) is 28.2 Å². The van der Waals surface area contributed by atoms with Gasteiger partial charge in [-0.3, -0.25) is 30.3 Å². The number of carbonyl (C=O) groups is 3. The first kappa shape index (κ1) is 22.3. The zero-order chi connectivity index (χ0) is 23.7. The highest BCUT2D eigenvalue weighted by Crippen LogP contribution is 2.32. The smallest absolute Gasteiger partial charge is 0.328 e. The first-order valence-corrected chi connectivity index (χ1v) is 10.9. The summed E-state index contributed by atoms with van der Waals surface area (Å²) in [5.41, 5.74) is 2.97. The summed E-state index contributed by atoms with van der Waals surface area (Å²) >= 11 is 0. The molecule has 4 rings (SSSR count). The van der Waals surface area contributed by atoms with Gasteiger partial charge in [-0.15, -0.1) is 0 Å². The van der Waals surface area contributed by atoms with E-state index in [1.54, 1.807) is 19.1 Å².